The Morgan fingerprint density at radius 3 is 0.772 bits per heavy atom. The van der Waals surface area contributed by atoms with Crippen molar-refractivity contribution in [3.63, 3.8) is 0 Å². The first-order valence-electron chi connectivity index (χ1n) is 33.7. The van der Waals surface area contributed by atoms with Crippen molar-refractivity contribution in [1.29, 1.82) is 0 Å². The van der Waals surface area contributed by atoms with E-state index < -0.39 is 6.10 Å². The van der Waals surface area contributed by atoms with Crippen molar-refractivity contribution in [1.82, 2.24) is 0 Å². The van der Waals surface area contributed by atoms with Crippen molar-refractivity contribution < 1.29 is 28.6 Å². The molecule has 0 aliphatic heterocycles. The highest BCUT2D eigenvalue weighted by molar-refractivity contribution is 5.71. The van der Waals surface area contributed by atoms with Crippen molar-refractivity contribution in [2.75, 3.05) is 13.2 Å². The second kappa shape index (κ2) is 66.8. The number of rotatable bonds is 61. The molecule has 0 radical (unpaired) electrons. The Morgan fingerprint density at radius 1 is 0.266 bits per heavy atom. The lowest BCUT2D eigenvalue weighted by Crippen LogP contribution is -2.30. The molecule has 6 heteroatoms. The van der Waals surface area contributed by atoms with Gasteiger partial charge in [0, 0.05) is 19.3 Å². The summed E-state index contributed by atoms with van der Waals surface area (Å²) in [5.41, 5.74) is 0. The van der Waals surface area contributed by atoms with Crippen LogP contribution in [-0.4, -0.2) is 37.2 Å². The predicted molar refractivity (Wildman–Crippen MR) is 344 cm³/mol. The molecule has 0 rings (SSSR count). The summed E-state index contributed by atoms with van der Waals surface area (Å²) in [6.45, 7) is 6.46. The van der Waals surface area contributed by atoms with Crippen LogP contribution in [0.3, 0.4) is 0 Å². The second-order valence-corrected chi connectivity index (χ2v) is 22.4. The third-order valence-electron chi connectivity index (χ3n) is 14.6. The first-order chi connectivity index (χ1) is 39.0. The highest BCUT2D eigenvalue weighted by Gasteiger charge is 2.19. The SMILES string of the molecule is CC/C=C\C/C=C\C/C=C\C/C=C\C/C=C\CCCCCCCCCCCCCCCC(=O)OCC(COC(=O)CCCCCCC)OC(=O)CCCCCCCCCCCCCC/C=C\C/C=C\C/C=C\CCCCCCC. The summed E-state index contributed by atoms with van der Waals surface area (Å²) in [6.07, 6.45) is 90.5. The zero-order chi connectivity index (χ0) is 57.1. The molecule has 454 valence electrons. The average Bonchev–Trinajstić information content (AvgIpc) is 3.45. The maximum Gasteiger partial charge on any atom is 0.306 e. The fourth-order valence-corrected chi connectivity index (χ4v) is 9.54. The molecule has 0 N–H and O–H groups in total. The van der Waals surface area contributed by atoms with Gasteiger partial charge in [0.05, 0.1) is 0 Å². The Hall–Kier alpha value is -3.67. The molecule has 0 fully saturated rings. The molecule has 0 bridgehead atoms. The minimum Gasteiger partial charge on any atom is -0.462 e. The van der Waals surface area contributed by atoms with E-state index in [9.17, 15) is 14.4 Å². The fourth-order valence-electron chi connectivity index (χ4n) is 9.54. The van der Waals surface area contributed by atoms with Gasteiger partial charge in [-0.1, -0.05) is 304 Å². The van der Waals surface area contributed by atoms with Gasteiger partial charge in [0.1, 0.15) is 13.2 Å². The smallest absolute Gasteiger partial charge is 0.306 e. The Labute approximate surface area is 489 Å². The number of carbonyl (C=O) groups is 3. The van der Waals surface area contributed by atoms with Crippen molar-refractivity contribution >= 4 is 17.9 Å². The second-order valence-electron chi connectivity index (χ2n) is 22.4. The lowest BCUT2D eigenvalue weighted by Gasteiger charge is -2.18. The molecule has 0 spiro atoms. The van der Waals surface area contributed by atoms with E-state index in [1.165, 1.54) is 180 Å². The number of hydrogen-bond acceptors (Lipinski definition) is 6. The first-order valence-corrected chi connectivity index (χ1v) is 33.7. The van der Waals surface area contributed by atoms with E-state index in [0.29, 0.717) is 19.3 Å². The fraction of sp³-hybridized carbons (Fsp3) is 0.740. The van der Waals surface area contributed by atoms with Gasteiger partial charge in [-0.05, 0) is 103 Å². The predicted octanol–water partition coefficient (Wildman–Crippen LogP) is 23.2. The molecule has 0 amide bonds. The van der Waals surface area contributed by atoms with Crippen molar-refractivity contribution in [2.24, 2.45) is 0 Å². The van der Waals surface area contributed by atoms with E-state index in [1.807, 2.05) is 0 Å². The van der Waals surface area contributed by atoms with Gasteiger partial charge in [0.15, 0.2) is 6.10 Å². The van der Waals surface area contributed by atoms with Crippen LogP contribution in [0.25, 0.3) is 0 Å². The molecule has 0 saturated carbocycles. The average molecular weight is 1100 g/mol. The van der Waals surface area contributed by atoms with E-state index in [1.54, 1.807) is 0 Å². The normalized spacial score (nSPS) is 12.7. The molecule has 0 aromatic carbocycles. The molecule has 0 saturated heterocycles. The van der Waals surface area contributed by atoms with Gasteiger partial charge in [-0.25, -0.2) is 0 Å². The summed E-state index contributed by atoms with van der Waals surface area (Å²) >= 11 is 0. The Kier molecular flexibility index (Phi) is 63.7. The first kappa shape index (κ1) is 75.3. The van der Waals surface area contributed by atoms with Crippen LogP contribution >= 0.6 is 0 Å². The summed E-state index contributed by atoms with van der Waals surface area (Å²) in [5.74, 6) is -0.883. The van der Waals surface area contributed by atoms with E-state index in [2.05, 4.69) is 118 Å². The van der Waals surface area contributed by atoms with E-state index in [0.717, 1.165) is 109 Å². The van der Waals surface area contributed by atoms with Crippen LogP contribution in [0.2, 0.25) is 0 Å². The van der Waals surface area contributed by atoms with Gasteiger partial charge in [0.2, 0.25) is 0 Å². The lowest BCUT2D eigenvalue weighted by atomic mass is 10.0. The summed E-state index contributed by atoms with van der Waals surface area (Å²) in [5, 5.41) is 0. The largest absolute Gasteiger partial charge is 0.462 e. The van der Waals surface area contributed by atoms with Crippen molar-refractivity contribution in [2.45, 2.75) is 335 Å². The Balaban J connectivity index is 4.01. The van der Waals surface area contributed by atoms with Crippen LogP contribution < -0.4 is 0 Å². The molecular weight excluding hydrogens is 973 g/mol. The topological polar surface area (TPSA) is 78.9 Å². The Morgan fingerprint density at radius 2 is 0.494 bits per heavy atom. The molecule has 0 aromatic heterocycles. The van der Waals surface area contributed by atoms with E-state index in [-0.39, 0.29) is 31.1 Å². The molecule has 1 unspecified atom stereocenters. The van der Waals surface area contributed by atoms with Gasteiger partial charge < -0.3 is 14.2 Å². The summed E-state index contributed by atoms with van der Waals surface area (Å²) < 4.78 is 16.8. The molecule has 0 aliphatic rings. The molecular formula is C73H126O6. The van der Waals surface area contributed by atoms with Gasteiger partial charge in [-0.3, -0.25) is 14.4 Å². The summed E-state index contributed by atoms with van der Waals surface area (Å²) in [7, 11) is 0. The number of hydrogen-bond donors (Lipinski definition) is 0. The standard InChI is InChI=1S/C73H126O6/c1-4-7-10-13-15-17-19-21-23-25-27-29-31-33-35-36-38-39-41-43-45-47-49-51-53-55-57-60-63-66-72(75)78-69-70(68-77-71(74)65-62-59-12-9-6-3)79-73(76)67-64-61-58-56-54-52-50-48-46-44-42-40-37-34-32-30-28-26-24-22-20-18-16-14-11-8-5-2/h7,10,15,17,20-23,26-29,32-35,70H,4-6,8-9,11-14,16,18-19,24-25,30-31,36-69H2,1-3H3/b10-7-,17-15-,22-20-,23-21-,28-26-,29-27-,34-32-,35-33-. The van der Waals surface area contributed by atoms with Crippen LogP contribution in [0, 0.1) is 0 Å². The number of carbonyl (C=O) groups excluding carboxylic acids is 3. The van der Waals surface area contributed by atoms with Crippen LogP contribution in [0.5, 0.6) is 0 Å². The molecule has 6 nitrogen and oxygen atoms in total. The van der Waals surface area contributed by atoms with E-state index in [4.69, 9.17) is 14.2 Å². The number of unbranched alkanes of at least 4 members (excludes halogenated alkanes) is 34. The van der Waals surface area contributed by atoms with E-state index >= 15 is 0 Å². The summed E-state index contributed by atoms with van der Waals surface area (Å²) in [4.78, 5) is 38.0. The Bertz CT molecular complexity index is 1540. The van der Waals surface area contributed by atoms with Gasteiger partial charge in [-0.2, -0.15) is 0 Å². The van der Waals surface area contributed by atoms with Crippen LogP contribution in [0.4, 0.5) is 0 Å². The zero-order valence-electron chi connectivity index (χ0n) is 52.1. The highest BCUT2D eigenvalue weighted by Crippen LogP contribution is 2.17. The highest BCUT2D eigenvalue weighted by atomic mass is 16.6. The van der Waals surface area contributed by atoms with Crippen LogP contribution in [0.15, 0.2) is 97.2 Å². The lowest BCUT2D eigenvalue weighted by molar-refractivity contribution is -0.167. The molecule has 1 atom stereocenters. The zero-order valence-corrected chi connectivity index (χ0v) is 52.1. The van der Waals surface area contributed by atoms with Crippen LogP contribution in [-0.2, 0) is 28.6 Å². The molecule has 0 heterocycles. The van der Waals surface area contributed by atoms with Crippen molar-refractivity contribution in [3.05, 3.63) is 97.2 Å². The number of ether oxygens (including phenoxy) is 3. The molecule has 79 heavy (non-hydrogen) atoms. The maximum absolute atomic E-state index is 12.9. The third kappa shape index (κ3) is 65.0. The minimum atomic E-state index is -0.776. The third-order valence-corrected chi connectivity index (χ3v) is 14.6. The number of esters is 3. The maximum atomic E-state index is 12.9. The molecule has 0 aromatic rings. The summed E-state index contributed by atoms with van der Waals surface area (Å²) in [6, 6.07) is 0. The molecule has 0 aliphatic carbocycles. The van der Waals surface area contributed by atoms with Gasteiger partial charge in [0.25, 0.3) is 0 Å². The monoisotopic (exact) mass is 1100 g/mol. The van der Waals surface area contributed by atoms with Gasteiger partial charge >= 0.3 is 17.9 Å². The van der Waals surface area contributed by atoms with Crippen LogP contribution in [0.1, 0.15) is 329 Å². The van der Waals surface area contributed by atoms with Crippen molar-refractivity contribution in [3.8, 4) is 0 Å². The van der Waals surface area contributed by atoms with Gasteiger partial charge in [-0.15, -0.1) is 0 Å². The minimum absolute atomic E-state index is 0.0766. The quantitative estimate of drug-likeness (QED) is 0.0261. The number of allylic oxidation sites excluding steroid dienone is 16.